The van der Waals surface area contributed by atoms with Crippen LogP contribution in [-0.4, -0.2) is 43.3 Å². The maximum absolute atomic E-state index is 6.08. The molecule has 0 saturated carbocycles. The Kier molecular flexibility index (Phi) is 7.18. The van der Waals surface area contributed by atoms with Gasteiger partial charge in [0.15, 0.2) is 11.5 Å². The smallest absolute Gasteiger partial charge is 0.161 e. The van der Waals surface area contributed by atoms with Crippen LogP contribution in [0, 0.1) is 0 Å². The molecule has 1 fully saturated rings. The second kappa shape index (κ2) is 9.81. The average Bonchev–Trinajstić information content (AvgIpc) is 2.72. The number of methoxy groups -OCH3 is 1. The van der Waals surface area contributed by atoms with Gasteiger partial charge in [0.25, 0.3) is 0 Å². The summed E-state index contributed by atoms with van der Waals surface area (Å²) in [6, 6.07) is 13.2. The number of nitrogens with zero attached hydrogens (tertiary/aromatic N) is 1. The van der Waals surface area contributed by atoms with Crippen molar-refractivity contribution in [3.63, 3.8) is 0 Å². The van der Waals surface area contributed by atoms with E-state index in [0.717, 1.165) is 23.6 Å². The van der Waals surface area contributed by atoms with E-state index in [4.69, 9.17) is 38.0 Å². The van der Waals surface area contributed by atoms with Gasteiger partial charge < -0.3 is 19.1 Å². The van der Waals surface area contributed by atoms with Gasteiger partial charge in [0.1, 0.15) is 24.0 Å². The van der Waals surface area contributed by atoms with E-state index in [-0.39, 0.29) is 0 Å². The molecule has 0 amide bonds. The second-order valence-corrected chi connectivity index (χ2v) is 7.14. The van der Waals surface area contributed by atoms with Gasteiger partial charge in [0, 0.05) is 18.7 Å². The van der Waals surface area contributed by atoms with Gasteiger partial charge in [0.2, 0.25) is 0 Å². The molecule has 4 nitrogen and oxygen atoms in total. The highest BCUT2D eigenvalue weighted by Crippen LogP contribution is 2.29. The fourth-order valence-corrected chi connectivity index (χ4v) is 3.56. The number of piperidine rings is 1. The zero-order valence-corrected chi connectivity index (χ0v) is 17.0. The lowest BCUT2D eigenvalue weighted by Crippen LogP contribution is -2.34. The third-order valence-electron chi connectivity index (χ3n) is 4.49. The lowest BCUT2D eigenvalue weighted by molar-refractivity contribution is 0.211. The monoisotopic (exact) mass is 405 g/mol. The number of hydrogen-bond donors (Lipinski definition) is 0. The first-order valence-corrected chi connectivity index (χ1v) is 9.95. The molecule has 2 aromatic carbocycles. The molecule has 0 bridgehead atoms. The highest BCUT2D eigenvalue weighted by atomic mass is 35.5. The quantitative estimate of drug-likeness (QED) is 0.479. The predicted octanol–water partition coefficient (Wildman–Crippen LogP) is 4.97. The number of thiocarbonyl (C=S) groups is 1. The van der Waals surface area contributed by atoms with Gasteiger partial charge in [-0.15, -0.1) is 0 Å². The molecule has 2 aromatic rings. The third-order valence-corrected chi connectivity index (χ3v) is 5.30. The summed E-state index contributed by atoms with van der Waals surface area (Å²) < 4.78 is 17.0. The van der Waals surface area contributed by atoms with Crippen molar-refractivity contribution in [3.8, 4) is 17.2 Å². The Morgan fingerprint density at radius 1 is 0.963 bits per heavy atom. The molecule has 27 heavy (non-hydrogen) atoms. The summed E-state index contributed by atoms with van der Waals surface area (Å²) in [4.78, 5) is 3.15. The van der Waals surface area contributed by atoms with Crippen LogP contribution in [0.25, 0.3) is 0 Å². The first kappa shape index (κ1) is 19.8. The number of ether oxygens (including phenoxy) is 3. The van der Waals surface area contributed by atoms with Crippen LogP contribution < -0.4 is 14.2 Å². The zero-order chi connectivity index (χ0) is 19.1. The van der Waals surface area contributed by atoms with Crippen LogP contribution in [0.2, 0.25) is 5.02 Å². The Hall–Kier alpha value is -1.98. The van der Waals surface area contributed by atoms with E-state index in [1.54, 1.807) is 13.2 Å². The van der Waals surface area contributed by atoms with Crippen LogP contribution >= 0.6 is 23.8 Å². The zero-order valence-electron chi connectivity index (χ0n) is 15.4. The molecular weight excluding hydrogens is 382 g/mol. The number of hydrogen-bond acceptors (Lipinski definition) is 4. The maximum Gasteiger partial charge on any atom is 0.161 e. The molecule has 1 aliphatic rings. The van der Waals surface area contributed by atoms with E-state index < -0.39 is 0 Å². The van der Waals surface area contributed by atoms with E-state index in [9.17, 15) is 0 Å². The standard InChI is InChI=1S/C21H24ClNO3S/c1-24-20-15-16(21(27)23-11-5-2-6-12-23)9-10-19(20)26-14-13-25-18-8-4-3-7-17(18)22/h3-4,7-10,15H,2,5-6,11-14H2,1H3. The van der Waals surface area contributed by atoms with Crippen LogP contribution in [0.3, 0.4) is 0 Å². The molecule has 0 spiro atoms. The summed E-state index contributed by atoms with van der Waals surface area (Å²) in [6.07, 6.45) is 3.68. The highest BCUT2D eigenvalue weighted by Gasteiger charge is 2.16. The van der Waals surface area contributed by atoms with Crippen molar-refractivity contribution >= 4 is 28.8 Å². The van der Waals surface area contributed by atoms with Crippen molar-refractivity contribution in [2.75, 3.05) is 33.4 Å². The van der Waals surface area contributed by atoms with E-state index in [0.29, 0.717) is 35.5 Å². The van der Waals surface area contributed by atoms with Crippen LogP contribution in [0.1, 0.15) is 24.8 Å². The predicted molar refractivity (Wildman–Crippen MR) is 113 cm³/mol. The first-order valence-electron chi connectivity index (χ1n) is 9.16. The molecule has 1 saturated heterocycles. The van der Waals surface area contributed by atoms with Gasteiger partial charge in [-0.1, -0.05) is 36.0 Å². The van der Waals surface area contributed by atoms with Crippen molar-refractivity contribution < 1.29 is 14.2 Å². The lowest BCUT2D eigenvalue weighted by Gasteiger charge is -2.29. The van der Waals surface area contributed by atoms with E-state index >= 15 is 0 Å². The molecule has 1 heterocycles. The van der Waals surface area contributed by atoms with Gasteiger partial charge >= 0.3 is 0 Å². The Labute approximate surface area is 171 Å². The molecule has 144 valence electrons. The summed E-state index contributed by atoms with van der Waals surface area (Å²) in [5.41, 5.74) is 0.989. The average molecular weight is 406 g/mol. The first-order chi connectivity index (χ1) is 13.2. The fraction of sp³-hybridized carbons (Fsp3) is 0.381. The third kappa shape index (κ3) is 5.27. The molecule has 0 aliphatic carbocycles. The minimum atomic E-state index is 0.386. The van der Waals surface area contributed by atoms with Crippen molar-refractivity contribution in [1.82, 2.24) is 4.90 Å². The van der Waals surface area contributed by atoms with Crippen molar-refractivity contribution in [2.45, 2.75) is 19.3 Å². The highest BCUT2D eigenvalue weighted by molar-refractivity contribution is 7.80. The number of halogens is 1. The summed E-state index contributed by atoms with van der Waals surface area (Å²) in [5.74, 6) is 1.99. The summed E-state index contributed by atoms with van der Waals surface area (Å²) in [7, 11) is 1.64. The van der Waals surface area contributed by atoms with Gasteiger partial charge in [-0.3, -0.25) is 0 Å². The molecular formula is C21H24ClNO3S. The largest absolute Gasteiger partial charge is 0.493 e. The van der Waals surface area contributed by atoms with E-state index in [1.807, 2.05) is 36.4 Å². The molecule has 0 aromatic heterocycles. The van der Waals surface area contributed by atoms with Crippen LogP contribution in [0.15, 0.2) is 42.5 Å². The van der Waals surface area contributed by atoms with Crippen LogP contribution in [0.5, 0.6) is 17.2 Å². The van der Waals surface area contributed by atoms with Crippen LogP contribution in [-0.2, 0) is 0 Å². The lowest BCUT2D eigenvalue weighted by atomic mass is 10.1. The van der Waals surface area contributed by atoms with Crippen molar-refractivity contribution in [2.24, 2.45) is 0 Å². The number of rotatable bonds is 7. The maximum atomic E-state index is 6.08. The molecule has 0 unspecified atom stereocenters. The van der Waals surface area contributed by atoms with E-state index in [2.05, 4.69) is 4.90 Å². The molecule has 0 atom stereocenters. The second-order valence-electron chi connectivity index (χ2n) is 6.35. The topological polar surface area (TPSA) is 30.9 Å². The molecule has 0 radical (unpaired) electrons. The molecule has 0 N–H and O–H groups in total. The van der Waals surface area contributed by atoms with Gasteiger partial charge in [0.05, 0.1) is 12.1 Å². The SMILES string of the molecule is COc1cc(C(=S)N2CCCCC2)ccc1OCCOc1ccccc1Cl. The van der Waals surface area contributed by atoms with Crippen LogP contribution in [0.4, 0.5) is 0 Å². The van der Waals surface area contributed by atoms with Crippen molar-refractivity contribution in [1.29, 1.82) is 0 Å². The molecule has 3 rings (SSSR count). The normalized spacial score (nSPS) is 13.9. The molecule has 6 heteroatoms. The Morgan fingerprint density at radius 3 is 2.37 bits per heavy atom. The Balaban J connectivity index is 1.57. The number of benzene rings is 2. The number of likely N-dealkylation sites (tertiary alicyclic amines) is 1. The fourth-order valence-electron chi connectivity index (χ4n) is 3.06. The van der Waals surface area contributed by atoms with Gasteiger partial charge in [-0.2, -0.15) is 0 Å². The Morgan fingerprint density at radius 2 is 1.67 bits per heavy atom. The minimum absolute atomic E-state index is 0.386. The summed E-state index contributed by atoms with van der Waals surface area (Å²) >= 11 is 11.7. The minimum Gasteiger partial charge on any atom is -0.493 e. The summed E-state index contributed by atoms with van der Waals surface area (Å²) in [5, 5.41) is 0.589. The van der Waals surface area contributed by atoms with E-state index in [1.165, 1.54) is 19.3 Å². The molecule has 1 aliphatic heterocycles. The van der Waals surface area contributed by atoms with Gasteiger partial charge in [-0.05, 0) is 49.6 Å². The number of para-hydroxylation sites is 1. The Bertz CT molecular complexity index is 778. The van der Waals surface area contributed by atoms with Crippen molar-refractivity contribution in [3.05, 3.63) is 53.1 Å². The summed E-state index contributed by atoms with van der Waals surface area (Å²) in [6.45, 7) is 2.83. The van der Waals surface area contributed by atoms with Gasteiger partial charge in [-0.25, -0.2) is 0 Å².